The second-order valence-electron chi connectivity index (χ2n) is 8.46. The van der Waals surface area contributed by atoms with Crippen LogP contribution in [0.4, 0.5) is 0 Å². The Kier molecular flexibility index (Phi) is 5.20. The average molecular weight is 478 g/mol. The van der Waals surface area contributed by atoms with E-state index in [1.54, 1.807) is 56.7 Å². The van der Waals surface area contributed by atoms with Crippen molar-refractivity contribution in [1.29, 1.82) is 0 Å². The molecule has 0 saturated heterocycles. The number of oxime groups is 1. The van der Waals surface area contributed by atoms with Crippen LogP contribution in [0, 0.1) is 0 Å². The molecular formula is C26H23NO6S. The molecule has 0 N–H and O–H groups in total. The van der Waals surface area contributed by atoms with E-state index in [0.29, 0.717) is 29.2 Å². The number of Topliss-reactive ketones (excluding diaryl/α,β-unsaturated/α-hetero) is 1. The molecule has 0 aromatic heterocycles. The predicted octanol–water partition coefficient (Wildman–Crippen LogP) is 3.80. The molecule has 2 atom stereocenters. The Hall–Kier alpha value is -3.65. The van der Waals surface area contributed by atoms with E-state index in [1.165, 1.54) is 0 Å². The largest absolute Gasteiger partial charge is 0.493 e. The van der Waals surface area contributed by atoms with Gasteiger partial charge in [0.25, 0.3) is 0 Å². The molecule has 0 saturated carbocycles. The summed E-state index contributed by atoms with van der Waals surface area (Å²) < 4.78 is 34.8. The Morgan fingerprint density at radius 1 is 0.971 bits per heavy atom. The number of hydrogen-bond acceptors (Lipinski definition) is 7. The number of ketones is 1. The number of fused-ring (bicyclic) bond motifs is 1. The van der Waals surface area contributed by atoms with Gasteiger partial charge < -0.3 is 14.3 Å². The fourth-order valence-corrected chi connectivity index (χ4v) is 5.43. The Labute approximate surface area is 197 Å². The molecule has 7 nitrogen and oxygen atoms in total. The zero-order valence-electron chi connectivity index (χ0n) is 18.9. The summed E-state index contributed by atoms with van der Waals surface area (Å²) in [6.07, 6.45) is 1.52. The molecule has 1 aliphatic heterocycles. The molecule has 3 aromatic rings. The number of nitrogens with zero attached hydrogens (tertiary/aromatic N) is 1. The lowest BCUT2D eigenvalue weighted by atomic mass is 9.75. The molecule has 3 aromatic carbocycles. The van der Waals surface area contributed by atoms with Crippen molar-refractivity contribution in [3.05, 3.63) is 89.0 Å². The van der Waals surface area contributed by atoms with Crippen LogP contribution in [0.25, 0.3) is 0 Å². The molecule has 1 spiro atoms. The summed E-state index contributed by atoms with van der Waals surface area (Å²) in [5.74, 6) is 0.397. The lowest BCUT2D eigenvalue weighted by Crippen LogP contribution is -2.43. The minimum Gasteiger partial charge on any atom is -0.493 e. The van der Waals surface area contributed by atoms with Gasteiger partial charge in [0.15, 0.2) is 21.3 Å². The maximum absolute atomic E-state index is 13.7. The quantitative estimate of drug-likeness (QED) is 0.555. The van der Waals surface area contributed by atoms with Gasteiger partial charge in [-0.05, 0) is 41.5 Å². The summed E-state index contributed by atoms with van der Waals surface area (Å²) in [5, 5.41) is 4.42. The van der Waals surface area contributed by atoms with Crippen LogP contribution in [-0.4, -0.2) is 46.0 Å². The van der Waals surface area contributed by atoms with Gasteiger partial charge in [0, 0.05) is 23.8 Å². The summed E-state index contributed by atoms with van der Waals surface area (Å²) in [7, 11) is -0.257. The Morgan fingerprint density at radius 2 is 1.68 bits per heavy atom. The van der Waals surface area contributed by atoms with E-state index in [-0.39, 0.29) is 10.7 Å². The number of ether oxygens (including phenoxy) is 2. The molecule has 0 fully saturated rings. The second-order valence-corrected chi connectivity index (χ2v) is 10.5. The van der Waals surface area contributed by atoms with Crippen molar-refractivity contribution in [2.45, 2.75) is 22.8 Å². The van der Waals surface area contributed by atoms with Crippen LogP contribution >= 0.6 is 0 Å². The van der Waals surface area contributed by atoms with Gasteiger partial charge in [-0.25, -0.2) is 8.42 Å². The number of rotatable bonds is 5. The monoisotopic (exact) mass is 477 g/mol. The fourth-order valence-electron chi connectivity index (χ4n) is 4.80. The maximum atomic E-state index is 13.7. The van der Waals surface area contributed by atoms with Gasteiger partial charge in [0.05, 0.1) is 30.7 Å². The Balaban J connectivity index is 1.65. The summed E-state index contributed by atoms with van der Waals surface area (Å²) in [4.78, 5) is 19.9. The predicted molar refractivity (Wildman–Crippen MR) is 127 cm³/mol. The molecule has 1 heterocycles. The molecule has 2 aliphatic rings. The van der Waals surface area contributed by atoms with E-state index < -0.39 is 21.4 Å². The number of benzene rings is 3. The fraction of sp³-hybridized carbons (Fsp3) is 0.231. The van der Waals surface area contributed by atoms with Crippen molar-refractivity contribution < 1.29 is 27.5 Å². The molecule has 0 amide bonds. The zero-order valence-corrected chi connectivity index (χ0v) is 19.8. The number of hydrogen-bond donors (Lipinski definition) is 0. The smallest absolute Gasteiger partial charge is 0.216 e. The van der Waals surface area contributed by atoms with Gasteiger partial charge in [-0.15, -0.1) is 0 Å². The van der Waals surface area contributed by atoms with E-state index in [1.807, 2.05) is 24.3 Å². The number of carbonyl (C=O) groups is 1. The molecule has 2 unspecified atom stereocenters. The lowest BCUT2D eigenvalue weighted by molar-refractivity contribution is -0.00692. The van der Waals surface area contributed by atoms with Crippen LogP contribution in [0.3, 0.4) is 0 Å². The standard InChI is InChI=1S/C26H23NO6S/c1-31-21-13-10-17(14-22(21)32-2)24-23(16-8-11-19(12-9-16)34(3,29)30)26(33-27-24)15-18-6-4-5-7-20(18)25(26)28/h4-14,23H,15H2,1-3H3. The Morgan fingerprint density at radius 3 is 2.32 bits per heavy atom. The third kappa shape index (κ3) is 3.37. The molecule has 1 aliphatic carbocycles. The van der Waals surface area contributed by atoms with Crippen LogP contribution in [0.15, 0.2) is 76.8 Å². The van der Waals surface area contributed by atoms with Crippen LogP contribution < -0.4 is 9.47 Å². The molecule has 0 radical (unpaired) electrons. The van der Waals surface area contributed by atoms with Crippen LogP contribution in [0.5, 0.6) is 11.5 Å². The minimum atomic E-state index is -3.37. The molecule has 34 heavy (non-hydrogen) atoms. The topological polar surface area (TPSA) is 91.3 Å². The molecule has 8 heteroatoms. The van der Waals surface area contributed by atoms with E-state index in [2.05, 4.69) is 5.16 Å². The second kappa shape index (κ2) is 7.99. The van der Waals surface area contributed by atoms with E-state index in [9.17, 15) is 13.2 Å². The van der Waals surface area contributed by atoms with Crippen molar-refractivity contribution in [3.8, 4) is 11.5 Å². The van der Waals surface area contributed by atoms with Gasteiger partial charge >= 0.3 is 0 Å². The number of sulfone groups is 1. The van der Waals surface area contributed by atoms with E-state index in [0.717, 1.165) is 22.9 Å². The third-order valence-electron chi connectivity index (χ3n) is 6.47. The normalized spacial score (nSPS) is 21.2. The average Bonchev–Trinajstić information content (AvgIpc) is 3.36. The van der Waals surface area contributed by atoms with Crippen molar-refractivity contribution in [3.63, 3.8) is 0 Å². The lowest BCUT2D eigenvalue weighted by Gasteiger charge is -2.28. The first-order valence-corrected chi connectivity index (χ1v) is 12.6. The first-order valence-electron chi connectivity index (χ1n) is 10.7. The SMILES string of the molecule is COc1ccc(C2=NOC3(Cc4ccccc4C3=O)C2c2ccc(S(C)(=O)=O)cc2)cc1OC. The van der Waals surface area contributed by atoms with Gasteiger partial charge in [-0.1, -0.05) is 41.6 Å². The van der Waals surface area contributed by atoms with Crippen molar-refractivity contribution >= 4 is 21.3 Å². The van der Waals surface area contributed by atoms with E-state index in [4.69, 9.17) is 14.3 Å². The van der Waals surface area contributed by atoms with Crippen molar-refractivity contribution in [2.75, 3.05) is 20.5 Å². The summed E-state index contributed by atoms with van der Waals surface area (Å²) >= 11 is 0. The molecule has 0 bridgehead atoms. The van der Waals surface area contributed by atoms with E-state index >= 15 is 0 Å². The van der Waals surface area contributed by atoms with Crippen LogP contribution in [-0.2, 0) is 21.1 Å². The first kappa shape index (κ1) is 22.2. The van der Waals surface area contributed by atoms with Gasteiger partial charge in [-0.3, -0.25) is 4.79 Å². The minimum absolute atomic E-state index is 0.139. The summed E-state index contributed by atoms with van der Waals surface area (Å²) in [5.41, 5.74) is 2.28. The highest BCUT2D eigenvalue weighted by Gasteiger charge is 2.59. The summed E-state index contributed by atoms with van der Waals surface area (Å²) in [6, 6.07) is 19.4. The van der Waals surface area contributed by atoms with Crippen LogP contribution in [0.2, 0.25) is 0 Å². The zero-order chi connectivity index (χ0) is 24.1. The van der Waals surface area contributed by atoms with Gasteiger partial charge in [-0.2, -0.15) is 0 Å². The van der Waals surface area contributed by atoms with Gasteiger partial charge in [0.2, 0.25) is 11.4 Å². The summed E-state index contributed by atoms with van der Waals surface area (Å²) in [6.45, 7) is 0. The molecule has 5 rings (SSSR count). The number of carbonyl (C=O) groups excluding carboxylic acids is 1. The Bertz CT molecular complexity index is 1430. The van der Waals surface area contributed by atoms with Crippen LogP contribution in [0.1, 0.15) is 33.0 Å². The van der Waals surface area contributed by atoms with Gasteiger partial charge in [0.1, 0.15) is 0 Å². The highest BCUT2D eigenvalue weighted by Crippen LogP contribution is 2.49. The highest BCUT2D eigenvalue weighted by atomic mass is 32.2. The van der Waals surface area contributed by atoms with Crippen molar-refractivity contribution in [1.82, 2.24) is 0 Å². The maximum Gasteiger partial charge on any atom is 0.216 e. The van der Waals surface area contributed by atoms with Crippen molar-refractivity contribution in [2.24, 2.45) is 5.16 Å². The third-order valence-corrected chi connectivity index (χ3v) is 7.60. The molecule has 174 valence electrons. The first-order chi connectivity index (χ1) is 16.3. The highest BCUT2D eigenvalue weighted by molar-refractivity contribution is 7.90. The molecular weight excluding hydrogens is 454 g/mol. The number of methoxy groups -OCH3 is 2.